The molecule has 2 aliphatic heterocycles. The molecule has 2 aliphatic rings. The number of nitrogens with zero attached hydrogens (tertiary/aromatic N) is 2. The third-order valence-electron chi connectivity index (χ3n) is 6.15. The van der Waals surface area contributed by atoms with E-state index < -0.39 is 0 Å². The topological polar surface area (TPSA) is 71.1 Å². The van der Waals surface area contributed by atoms with Gasteiger partial charge in [0, 0.05) is 26.2 Å². The van der Waals surface area contributed by atoms with Crippen LogP contribution >= 0.6 is 0 Å². The highest BCUT2D eigenvalue weighted by molar-refractivity contribution is 6.36. The number of carbonyl (C=O) groups is 2. The molecule has 4 rings (SSSR count). The fourth-order valence-electron chi connectivity index (χ4n) is 4.11. The van der Waals surface area contributed by atoms with E-state index >= 15 is 0 Å². The third kappa shape index (κ3) is 4.94. The minimum atomic E-state index is -0.312. The normalized spacial score (nSPS) is 17.1. The lowest BCUT2D eigenvalue weighted by atomic mass is 9.99. The molecule has 2 aromatic carbocycles. The molecule has 174 valence electrons. The predicted molar refractivity (Wildman–Crippen MR) is 128 cm³/mol. The second-order valence-electron chi connectivity index (χ2n) is 8.32. The van der Waals surface area contributed by atoms with Crippen LogP contribution in [0.5, 0.6) is 5.75 Å². The molecule has 0 aromatic heterocycles. The van der Waals surface area contributed by atoms with Crippen LogP contribution in [0.2, 0.25) is 0 Å². The van der Waals surface area contributed by atoms with Crippen molar-refractivity contribution >= 4 is 23.1 Å². The Morgan fingerprint density at radius 3 is 2.45 bits per heavy atom. The van der Waals surface area contributed by atoms with Crippen molar-refractivity contribution in [3.8, 4) is 5.75 Å². The summed E-state index contributed by atoms with van der Waals surface area (Å²) in [7, 11) is 0. The van der Waals surface area contributed by atoms with Crippen molar-refractivity contribution in [2.24, 2.45) is 0 Å². The zero-order valence-electron chi connectivity index (χ0n) is 19.5. The number of anilines is 1. The monoisotopic (exact) mass is 449 g/mol. The van der Waals surface area contributed by atoms with E-state index in [2.05, 4.69) is 10.2 Å². The molecule has 2 aromatic rings. The number of ether oxygens (including phenoxy) is 2. The number of benzene rings is 2. The first-order valence-corrected chi connectivity index (χ1v) is 11.5. The first-order valence-electron chi connectivity index (χ1n) is 11.5. The molecule has 7 heteroatoms. The predicted octanol–water partition coefficient (Wildman–Crippen LogP) is 3.23. The highest BCUT2D eigenvalue weighted by Gasteiger charge is 2.39. The van der Waals surface area contributed by atoms with Crippen LogP contribution in [0.25, 0.3) is 5.57 Å². The molecule has 0 spiro atoms. The van der Waals surface area contributed by atoms with E-state index in [1.165, 1.54) is 4.90 Å². The maximum absolute atomic E-state index is 13.5. The molecule has 0 unspecified atom stereocenters. The number of morpholine rings is 1. The molecule has 7 nitrogen and oxygen atoms in total. The molecule has 0 aliphatic carbocycles. The second-order valence-corrected chi connectivity index (χ2v) is 8.32. The number of hydrogen-bond donors (Lipinski definition) is 1. The molecule has 2 heterocycles. The first-order chi connectivity index (χ1) is 16.0. The summed E-state index contributed by atoms with van der Waals surface area (Å²) in [5.41, 5.74) is 4.29. The van der Waals surface area contributed by atoms with Crippen LogP contribution in [0.4, 0.5) is 5.69 Å². The summed E-state index contributed by atoms with van der Waals surface area (Å²) in [6.07, 6.45) is 0. The summed E-state index contributed by atoms with van der Waals surface area (Å²) >= 11 is 0. The van der Waals surface area contributed by atoms with Crippen LogP contribution < -0.4 is 10.1 Å². The molecule has 0 bridgehead atoms. The van der Waals surface area contributed by atoms with E-state index in [1.54, 1.807) is 0 Å². The molecular weight excluding hydrogens is 418 g/mol. The van der Waals surface area contributed by atoms with E-state index in [0.717, 1.165) is 29.8 Å². The maximum atomic E-state index is 13.5. The SMILES string of the molecule is CCOc1ccccc1NC1=C(c2ccc(C)c(C)c2)C(=O)N(CCN2CCOCC2)C1=O. The van der Waals surface area contributed by atoms with Gasteiger partial charge in [0.2, 0.25) is 0 Å². The van der Waals surface area contributed by atoms with E-state index in [1.807, 2.05) is 63.2 Å². The Hall–Kier alpha value is -3.16. The van der Waals surface area contributed by atoms with Crippen molar-refractivity contribution in [2.45, 2.75) is 20.8 Å². The molecule has 33 heavy (non-hydrogen) atoms. The fourth-order valence-corrected chi connectivity index (χ4v) is 4.11. The summed E-state index contributed by atoms with van der Waals surface area (Å²) in [4.78, 5) is 30.6. The number of nitrogens with one attached hydrogen (secondary N) is 1. The molecule has 1 fully saturated rings. The van der Waals surface area contributed by atoms with Gasteiger partial charge in [-0.3, -0.25) is 19.4 Å². The summed E-state index contributed by atoms with van der Waals surface area (Å²) in [6.45, 7) is 10.4. The smallest absolute Gasteiger partial charge is 0.278 e. The van der Waals surface area contributed by atoms with Crippen molar-refractivity contribution in [3.05, 3.63) is 64.9 Å². The van der Waals surface area contributed by atoms with Gasteiger partial charge in [-0.05, 0) is 49.6 Å². The highest BCUT2D eigenvalue weighted by Crippen LogP contribution is 2.34. The molecule has 0 radical (unpaired) electrons. The Morgan fingerprint density at radius 2 is 1.73 bits per heavy atom. The average Bonchev–Trinajstić information content (AvgIpc) is 3.05. The Balaban J connectivity index is 1.67. The third-order valence-corrected chi connectivity index (χ3v) is 6.15. The molecule has 0 saturated carbocycles. The van der Waals surface area contributed by atoms with Crippen molar-refractivity contribution in [1.82, 2.24) is 9.80 Å². The van der Waals surface area contributed by atoms with Gasteiger partial charge >= 0.3 is 0 Å². The van der Waals surface area contributed by atoms with Gasteiger partial charge < -0.3 is 14.8 Å². The van der Waals surface area contributed by atoms with E-state index in [0.29, 0.717) is 49.9 Å². The van der Waals surface area contributed by atoms with Gasteiger partial charge in [0.05, 0.1) is 31.1 Å². The lowest BCUT2D eigenvalue weighted by Crippen LogP contribution is -2.43. The van der Waals surface area contributed by atoms with Crippen LogP contribution in [0.1, 0.15) is 23.6 Å². The molecule has 0 atom stereocenters. The maximum Gasteiger partial charge on any atom is 0.278 e. The van der Waals surface area contributed by atoms with Crippen molar-refractivity contribution in [1.29, 1.82) is 0 Å². The number of hydrogen-bond acceptors (Lipinski definition) is 6. The first kappa shape index (κ1) is 23.0. The number of aryl methyl sites for hydroxylation is 2. The number of amides is 2. The van der Waals surface area contributed by atoms with E-state index in [4.69, 9.17) is 9.47 Å². The molecule has 1 saturated heterocycles. The minimum absolute atomic E-state index is 0.270. The Labute approximate surface area is 195 Å². The van der Waals surface area contributed by atoms with Crippen molar-refractivity contribution in [2.75, 3.05) is 51.3 Å². The second kappa shape index (κ2) is 10.2. The standard InChI is InChI=1S/C26H31N3O4/c1-4-33-22-8-6-5-7-21(22)27-24-23(20-10-9-18(2)19(3)17-20)25(30)29(26(24)31)12-11-28-13-15-32-16-14-28/h5-10,17,27H,4,11-16H2,1-3H3. The van der Waals surface area contributed by atoms with E-state index in [9.17, 15) is 9.59 Å². The zero-order chi connectivity index (χ0) is 23.4. The van der Waals surface area contributed by atoms with Gasteiger partial charge in [0.25, 0.3) is 11.8 Å². The van der Waals surface area contributed by atoms with Crippen LogP contribution in [0, 0.1) is 13.8 Å². The molecule has 2 amide bonds. The quantitative estimate of drug-likeness (QED) is 0.624. The Morgan fingerprint density at radius 1 is 0.970 bits per heavy atom. The summed E-state index contributed by atoms with van der Waals surface area (Å²) < 4.78 is 11.1. The summed E-state index contributed by atoms with van der Waals surface area (Å²) in [5, 5.41) is 3.23. The number of para-hydroxylation sites is 2. The van der Waals surface area contributed by atoms with E-state index in [-0.39, 0.29) is 17.5 Å². The molecular formula is C26H31N3O4. The van der Waals surface area contributed by atoms with Crippen LogP contribution in [0.15, 0.2) is 48.2 Å². The average molecular weight is 450 g/mol. The lowest BCUT2D eigenvalue weighted by Gasteiger charge is -2.28. The van der Waals surface area contributed by atoms with Gasteiger partial charge in [-0.2, -0.15) is 0 Å². The van der Waals surface area contributed by atoms with Gasteiger partial charge in [-0.25, -0.2) is 0 Å². The highest BCUT2D eigenvalue weighted by atomic mass is 16.5. The van der Waals surface area contributed by atoms with Gasteiger partial charge in [-0.15, -0.1) is 0 Å². The zero-order valence-corrected chi connectivity index (χ0v) is 19.5. The van der Waals surface area contributed by atoms with Crippen molar-refractivity contribution in [3.63, 3.8) is 0 Å². The Kier molecular flexibility index (Phi) is 7.11. The van der Waals surface area contributed by atoms with Gasteiger partial charge in [-0.1, -0.05) is 30.3 Å². The lowest BCUT2D eigenvalue weighted by molar-refractivity contribution is -0.137. The minimum Gasteiger partial charge on any atom is -0.492 e. The van der Waals surface area contributed by atoms with Crippen LogP contribution in [-0.2, 0) is 14.3 Å². The summed E-state index contributed by atoms with van der Waals surface area (Å²) in [6, 6.07) is 13.3. The van der Waals surface area contributed by atoms with Gasteiger partial charge in [0.15, 0.2) is 0 Å². The Bertz CT molecular complexity index is 1070. The number of imide groups is 1. The molecule has 1 N–H and O–H groups in total. The number of carbonyl (C=O) groups excluding carboxylic acids is 2. The fraction of sp³-hybridized carbons (Fsp3) is 0.385. The number of rotatable bonds is 8. The van der Waals surface area contributed by atoms with Gasteiger partial charge in [0.1, 0.15) is 11.4 Å². The largest absolute Gasteiger partial charge is 0.492 e. The van der Waals surface area contributed by atoms with Crippen molar-refractivity contribution < 1.29 is 19.1 Å². The summed E-state index contributed by atoms with van der Waals surface area (Å²) in [5.74, 6) is 0.0552. The van der Waals surface area contributed by atoms with Crippen LogP contribution in [-0.4, -0.2) is 67.6 Å². The van der Waals surface area contributed by atoms with Crippen LogP contribution in [0.3, 0.4) is 0 Å².